The van der Waals surface area contributed by atoms with Crippen molar-refractivity contribution >= 4 is 28.4 Å². The summed E-state index contributed by atoms with van der Waals surface area (Å²) in [6.45, 7) is 9.60. The number of anilines is 3. The van der Waals surface area contributed by atoms with Crippen LogP contribution in [-0.4, -0.2) is 40.7 Å². The highest BCUT2D eigenvalue weighted by Crippen LogP contribution is 2.23. The van der Waals surface area contributed by atoms with Gasteiger partial charge < -0.3 is 20.1 Å². The van der Waals surface area contributed by atoms with Gasteiger partial charge in [-0.05, 0) is 43.7 Å². The summed E-state index contributed by atoms with van der Waals surface area (Å²) in [5, 5.41) is 7.86. The van der Waals surface area contributed by atoms with Crippen LogP contribution in [0, 0.1) is 6.92 Å². The molecule has 1 aliphatic heterocycles. The van der Waals surface area contributed by atoms with Crippen LogP contribution in [-0.2, 0) is 6.54 Å². The smallest absolute Gasteiger partial charge is 0.229 e. The number of nitrogens with one attached hydrogen (secondary N) is 2. The van der Waals surface area contributed by atoms with Crippen LogP contribution in [0.1, 0.15) is 31.9 Å². The molecule has 148 valence electrons. The van der Waals surface area contributed by atoms with Crippen LogP contribution in [0.3, 0.4) is 0 Å². The van der Waals surface area contributed by atoms with Crippen molar-refractivity contribution in [2.75, 3.05) is 36.4 Å². The fourth-order valence-corrected chi connectivity index (χ4v) is 3.84. The monoisotopic (exact) mass is 378 g/mol. The normalized spacial score (nSPS) is 14.6. The van der Waals surface area contributed by atoms with E-state index in [1.165, 1.54) is 30.6 Å². The minimum atomic E-state index is 0.650. The summed E-state index contributed by atoms with van der Waals surface area (Å²) in [4.78, 5) is 11.7. The fraction of sp³-hybridized carbons (Fsp3) is 0.455. The van der Waals surface area contributed by atoms with Gasteiger partial charge in [0.25, 0.3) is 0 Å². The summed E-state index contributed by atoms with van der Waals surface area (Å²) in [6.07, 6.45) is 5.57. The van der Waals surface area contributed by atoms with Crippen molar-refractivity contribution in [3.63, 3.8) is 0 Å². The molecule has 2 aromatic heterocycles. The third-order valence-corrected chi connectivity index (χ3v) is 5.43. The molecule has 1 aromatic carbocycles. The van der Waals surface area contributed by atoms with Crippen molar-refractivity contribution < 1.29 is 0 Å². The van der Waals surface area contributed by atoms with E-state index in [0.717, 1.165) is 49.4 Å². The standard InChI is InChI=1S/C22H30N6/c1-3-4-5-12-28-17(2)15-18-16-24-22(26-21(18)28)25-19-6-8-20(9-7-19)27-13-10-23-11-14-27/h6-9,15-16,23H,3-5,10-14H2,1-2H3,(H,24,25,26). The van der Waals surface area contributed by atoms with Gasteiger partial charge in [-0.1, -0.05) is 19.8 Å². The second kappa shape index (κ2) is 8.61. The molecule has 1 aliphatic rings. The number of aryl methyl sites for hydroxylation is 2. The Kier molecular flexibility index (Phi) is 5.76. The van der Waals surface area contributed by atoms with Gasteiger partial charge in [0, 0.05) is 61.4 Å². The van der Waals surface area contributed by atoms with Gasteiger partial charge in [-0.3, -0.25) is 0 Å². The second-order valence-corrected chi connectivity index (χ2v) is 7.53. The molecule has 0 aliphatic carbocycles. The Hall–Kier alpha value is -2.60. The van der Waals surface area contributed by atoms with Crippen LogP contribution in [0.15, 0.2) is 36.5 Å². The van der Waals surface area contributed by atoms with E-state index in [9.17, 15) is 0 Å². The van der Waals surface area contributed by atoms with Crippen LogP contribution in [0.2, 0.25) is 0 Å². The van der Waals surface area contributed by atoms with Crippen molar-refractivity contribution in [3.8, 4) is 0 Å². The molecule has 28 heavy (non-hydrogen) atoms. The van der Waals surface area contributed by atoms with Crippen molar-refractivity contribution in [2.24, 2.45) is 0 Å². The molecule has 4 rings (SSSR count). The third-order valence-electron chi connectivity index (χ3n) is 5.43. The molecule has 0 radical (unpaired) electrons. The van der Waals surface area contributed by atoms with Gasteiger partial charge in [0.15, 0.2) is 0 Å². The molecule has 0 amide bonds. The van der Waals surface area contributed by atoms with Gasteiger partial charge in [0.2, 0.25) is 5.95 Å². The zero-order valence-corrected chi connectivity index (χ0v) is 16.9. The lowest BCUT2D eigenvalue weighted by Crippen LogP contribution is -2.43. The van der Waals surface area contributed by atoms with Crippen molar-refractivity contribution in [2.45, 2.75) is 39.7 Å². The average Bonchev–Trinajstić information content (AvgIpc) is 3.04. The quantitative estimate of drug-likeness (QED) is 0.607. The van der Waals surface area contributed by atoms with E-state index in [0.29, 0.717) is 5.95 Å². The van der Waals surface area contributed by atoms with Gasteiger partial charge in [0.05, 0.1) is 0 Å². The summed E-state index contributed by atoms with van der Waals surface area (Å²) < 4.78 is 2.31. The van der Waals surface area contributed by atoms with Crippen LogP contribution in [0.25, 0.3) is 11.0 Å². The summed E-state index contributed by atoms with van der Waals surface area (Å²) >= 11 is 0. The average molecular weight is 379 g/mol. The third kappa shape index (κ3) is 4.12. The molecule has 6 heteroatoms. The molecule has 0 atom stereocenters. The number of fused-ring (bicyclic) bond motifs is 1. The van der Waals surface area contributed by atoms with Crippen molar-refractivity contribution in [3.05, 3.63) is 42.2 Å². The number of aromatic nitrogens is 3. The molecule has 6 nitrogen and oxygen atoms in total. The van der Waals surface area contributed by atoms with E-state index in [2.05, 4.69) is 69.3 Å². The van der Waals surface area contributed by atoms with Crippen LogP contribution >= 0.6 is 0 Å². The highest BCUT2D eigenvalue weighted by molar-refractivity contribution is 5.78. The molecule has 0 unspecified atom stereocenters. The maximum atomic E-state index is 4.80. The Morgan fingerprint density at radius 3 is 2.64 bits per heavy atom. The van der Waals surface area contributed by atoms with Crippen molar-refractivity contribution in [1.29, 1.82) is 0 Å². The maximum Gasteiger partial charge on any atom is 0.229 e. The van der Waals surface area contributed by atoms with Crippen molar-refractivity contribution in [1.82, 2.24) is 19.9 Å². The highest BCUT2D eigenvalue weighted by Gasteiger charge is 2.11. The van der Waals surface area contributed by atoms with Gasteiger partial charge in [-0.2, -0.15) is 4.98 Å². The minimum absolute atomic E-state index is 0.650. The van der Waals surface area contributed by atoms with E-state index in [1.807, 2.05) is 6.20 Å². The molecule has 0 saturated carbocycles. The largest absolute Gasteiger partial charge is 0.369 e. The first kappa shape index (κ1) is 18.7. The molecule has 0 spiro atoms. The highest BCUT2D eigenvalue weighted by atomic mass is 15.2. The molecule has 2 N–H and O–H groups in total. The first-order chi connectivity index (χ1) is 13.7. The number of nitrogens with zero attached hydrogens (tertiary/aromatic N) is 4. The number of piperazine rings is 1. The molecular formula is C22H30N6. The number of hydrogen-bond acceptors (Lipinski definition) is 5. The van der Waals surface area contributed by atoms with E-state index in [4.69, 9.17) is 4.98 Å². The summed E-state index contributed by atoms with van der Waals surface area (Å²) in [7, 11) is 0. The molecule has 1 saturated heterocycles. The second-order valence-electron chi connectivity index (χ2n) is 7.53. The van der Waals surface area contributed by atoms with E-state index < -0.39 is 0 Å². The lowest BCUT2D eigenvalue weighted by Gasteiger charge is -2.29. The van der Waals surface area contributed by atoms with Gasteiger partial charge in [0.1, 0.15) is 5.65 Å². The first-order valence-electron chi connectivity index (χ1n) is 10.4. The topological polar surface area (TPSA) is 58.0 Å². The van der Waals surface area contributed by atoms with E-state index in [1.54, 1.807) is 0 Å². The Bertz CT molecular complexity index is 909. The van der Waals surface area contributed by atoms with Gasteiger partial charge in [-0.25, -0.2) is 4.98 Å². The van der Waals surface area contributed by atoms with E-state index >= 15 is 0 Å². The van der Waals surface area contributed by atoms with Crippen LogP contribution in [0.5, 0.6) is 0 Å². The molecule has 0 bridgehead atoms. The molecule has 3 aromatic rings. The van der Waals surface area contributed by atoms with Gasteiger partial charge >= 0.3 is 0 Å². The maximum absolute atomic E-state index is 4.80. The number of unbranched alkanes of at least 4 members (excludes halogenated alkanes) is 2. The van der Waals surface area contributed by atoms with Crippen LogP contribution < -0.4 is 15.5 Å². The zero-order chi connectivity index (χ0) is 19.3. The molecule has 1 fully saturated rings. The predicted molar refractivity (Wildman–Crippen MR) is 117 cm³/mol. The molecular weight excluding hydrogens is 348 g/mol. The summed E-state index contributed by atoms with van der Waals surface area (Å²) in [6, 6.07) is 10.7. The molecule has 3 heterocycles. The Balaban J connectivity index is 1.50. The predicted octanol–water partition coefficient (Wildman–Crippen LogP) is 4.08. The van der Waals surface area contributed by atoms with E-state index in [-0.39, 0.29) is 0 Å². The summed E-state index contributed by atoms with van der Waals surface area (Å²) in [5.41, 5.74) is 4.55. The Labute approximate surface area is 167 Å². The Morgan fingerprint density at radius 2 is 1.89 bits per heavy atom. The number of benzene rings is 1. The first-order valence-corrected chi connectivity index (χ1v) is 10.4. The lowest BCUT2D eigenvalue weighted by atomic mass is 10.2. The summed E-state index contributed by atoms with van der Waals surface area (Å²) in [5.74, 6) is 0.650. The van der Waals surface area contributed by atoms with Gasteiger partial charge in [-0.15, -0.1) is 0 Å². The van der Waals surface area contributed by atoms with Crippen LogP contribution in [0.4, 0.5) is 17.3 Å². The number of rotatable bonds is 7. The number of hydrogen-bond donors (Lipinski definition) is 2. The SMILES string of the molecule is CCCCCn1c(C)cc2cnc(Nc3ccc(N4CCNCC4)cc3)nc21. The lowest BCUT2D eigenvalue weighted by molar-refractivity contribution is 0.589. The zero-order valence-electron chi connectivity index (χ0n) is 16.9. The minimum Gasteiger partial charge on any atom is -0.369 e. The fourth-order valence-electron chi connectivity index (χ4n) is 3.84. The Morgan fingerprint density at radius 1 is 1.11 bits per heavy atom.